The average Bonchev–Trinajstić information content (AvgIpc) is 2.88. The highest BCUT2D eigenvalue weighted by molar-refractivity contribution is 5.79. The molecule has 2 rings (SSSR count). The average molecular weight is 180 g/mol. The van der Waals surface area contributed by atoms with E-state index in [0.717, 1.165) is 19.4 Å². The van der Waals surface area contributed by atoms with E-state index in [2.05, 4.69) is 10.0 Å². The molecule has 1 unspecified atom stereocenters. The maximum Gasteiger partial charge on any atom is 0.223 e. The summed E-state index contributed by atoms with van der Waals surface area (Å²) in [5.74, 6) is 0.490. The van der Waals surface area contributed by atoms with Crippen LogP contribution in [0.4, 0.5) is 0 Å². The molecule has 2 aliphatic rings. The first-order valence-electron chi connectivity index (χ1n) is 4.61. The number of azide groups is 1. The molecular weight excluding hydrogens is 168 g/mol. The molecule has 0 N–H and O–H groups in total. The largest absolute Gasteiger partial charge is 0.339 e. The van der Waals surface area contributed by atoms with Gasteiger partial charge in [0.05, 0.1) is 0 Å². The highest BCUT2D eigenvalue weighted by Crippen LogP contribution is 2.32. The highest BCUT2D eigenvalue weighted by atomic mass is 16.2. The second-order valence-corrected chi connectivity index (χ2v) is 3.76. The Labute approximate surface area is 76.3 Å². The van der Waals surface area contributed by atoms with Crippen LogP contribution >= 0.6 is 0 Å². The van der Waals surface area contributed by atoms with Gasteiger partial charge in [0.15, 0.2) is 0 Å². The van der Waals surface area contributed by atoms with Crippen molar-refractivity contribution < 1.29 is 4.79 Å². The minimum atomic E-state index is 0.237. The summed E-state index contributed by atoms with van der Waals surface area (Å²) < 4.78 is 0. The van der Waals surface area contributed by atoms with Crippen molar-refractivity contribution >= 4 is 5.91 Å². The van der Waals surface area contributed by atoms with Crippen molar-refractivity contribution in [3.63, 3.8) is 0 Å². The van der Waals surface area contributed by atoms with Crippen molar-refractivity contribution in [2.75, 3.05) is 13.1 Å². The highest BCUT2D eigenvalue weighted by Gasteiger charge is 2.38. The van der Waals surface area contributed by atoms with Gasteiger partial charge in [0.25, 0.3) is 0 Å². The van der Waals surface area contributed by atoms with Crippen molar-refractivity contribution in [2.45, 2.75) is 25.3 Å². The van der Waals surface area contributed by atoms with Crippen LogP contribution in [0.25, 0.3) is 10.4 Å². The van der Waals surface area contributed by atoms with Gasteiger partial charge in [-0.1, -0.05) is 5.11 Å². The van der Waals surface area contributed by atoms with Gasteiger partial charge in [-0.2, -0.15) is 0 Å². The molecule has 0 aromatic carbocycles. The standard InChI is InChI=1S/C8H12N4O/c9-11-10-4-6-3-8(13)12(5-6)7-1-2-7/h6-7H,1-5H2. The summed E-state index contributed by atoms with van der Waals surface area (Å²) in [5.41, 5.74) is 8.14. The van der Waals surface area contributed by atoms with Gasteiger partial charge >= 0.3 is 0 Å². The van der Waals surface area contributed by atoms with Crippen LogP contribution in [0.3, 0.4) is 0 Å². The summed E-state index contributed by atoms with van der Waals surface area (Å²) >= 11 is 0. The van der Waals surface area contributed by atoms with Crippen molar-refractivity contribution in [1.82, 2.24) is 4.90 Å². The fraction of sp³-hybridized carbons (Fsp3) is 0.875. The van der Waals surface area contributed by atoms with Crippen LogP contribution in [-0.2, 0) is 4.79 Å². The van der Waals surface area contributed by atoms with Crippen LogP contribution in [0.2, 0.25) is 0 Å². The van der Waals surface area contributed by atoms with E-state index in [1.54, 1.807) is 0 Å². The van der Waals surface area contributed by atoms with Crippen LogP contribution in [0, 0.1) is 5.92 Å². The molecule has 1 atom stereocenters. The van der Waals surface area contributed by atoms with Crippen LogP contribution in [0.15, 0.2) is 5.11 Å². The second kappa shape index (κ2) is 3.26. The first-order chi connectivity index (χ1) is 6.31. The molecule has 1 heterocycles. The summed E-state index contributed by atoms with van der Waals surface area (Å²) in [6.07, 6.45) is 2.87. The molecule has 0 bridgehead atoms. The van der Waals surface area contributed by atoms with Gasteiger partial charge in [-0.3, -0.25) is 4.79 Å². The quantitative estimate of drug-likeness (QED) is 0.366. The Hall–Kier alpha value is -1.22. The monoisotopic (exact) mass is 180 g/mol. The molecule has 5 nitrogen and oxygen atoms in total. The topological polar surface area (TPSA) is 69.1 Å². The van der Waals surface area contributed by atoms with E-state index >= 15 is 0 Å². The third-order valence-electron chi connectivity index (χ3n) is 2.63. The van der Waals surface area contributed by atoms with Gasteiger partial charge in [0, 0.05) is 30.5 Å². The van der Waals surface area contributed by atoms with Crippen molar-refractivity contribution in [1.29, 1.82) is 0 Å². The third-order valence-corrected chi connectivity index (χ3v) is 2.63. The fourth-order valence-electron chi connectivity index (χ4n) is 1.82. The molecule has 13 heavy (non-hydrogen) atoms. The van der Waals surface area contributed by atoms with Gasteiger partial charge in [-0.05, 0) is 24.3 Å². The maximum atomic E-state index is 11.4. The Bertz CT molecular complexity index is 267. The van der Waals surface area contributed by atoms with E-state index in [1.807, 2.05) is 4.90 Å². The molecule has 2 fully saturated rings. The zero-order valence-electron chi connectivity index (χ0n) is 7.39. The Morgan fingerprint density at radius 2 is 2.38 bits per heavy atom. The molecule has 0 aromatic rings. The SMILES string of the molecule is [N-]=[N+]=NCC1CC(=O)N(C2CC2)C1. The summed E-state index contributed by atoms with van der Waals surface area (Å²) in [6, 6.07) is 0.503. The molecule has 5 heteroatoms. The number of carbonyl (C=O) groups excluding carboxylic acids is 1. The lowest BCUT2D eigenvalue weighted by molar-refractivity contribution is -0.128. The molecule has 0 spiro atoms. The van der Waals surface area contributed by atoms with Crippen molar-refractivity contribution in [3.05, 3.63) is 10.4 Å². The van der Waals surface area contributed by atoms with Crippen LogP contribution in [0.5, 0.6) is 0 Å². The van der Waals surface area contributed by atoms with E-state index in [4.69, 9.17) is 5.53 Å². The number of carbonyl (C=O) groups is 1. The number of hydrogen-bond donors (Lipinski definition) is 0. The lowest BCUT2D eigenvalue weighted by Crippen LogP contribution is -2.27. The maximum absolute atomic E-state index is 11.4. The zero-order chi connectivity index (χ0) is 9.26. The number of nitrogens with zero attached hydrogens (tertiary/aromatic N) is 4. The van der Waals surface area contributed by atoms with E-state index < -0.39 is 0 Å². The minimum absolute atomic E-state index is 0.237. The van der Waals surface area contributed by atoms with Crippen molar-refractivity contribution in [2.24, 2.45) is 11.0 Å². The van der Waals surface area contributed by atoms with Gasteiger partial charge in [0.2, 0.25) is 5.91 Å². The molecule has 70 valence electrons. The summed E-state index contributed by atoms with van der Waals surface area (Å²) in [6.45, 7) is 1.26. The Morgan fingerprint density at radius 1 is 1.62 bits per heavy atom. The lowest BCUT2D eigenvalue weighted by atomic mass is 10.1. The molecule has 1 amide bonds. The van der Waals surface area contributed by atoms with Gasteiger partial charge in [-0.25, -0.2) is 0 Å². The molecule has 1 aliphatic carbocycles. The third kappa shape index (κ3) is 1.75. The van der Waals surface area contributed by atoms with Gasteiger partial charge in [0.1, 0.15) is 0 Å². The first kappa shape index (κ1) is 8.38. The zero-order valence-corrected chi connectivity index (χ0v) is 7.39. The van der Waals surface area contributed by atoms with Crippen LogP contribution < -0.4 is 0 Å². The van der Waals surface area contributed by atoms with E-state index in [-0.39, 0.29) is 11.8 Å². The van der Waals surface area contributed by atoms with E-state index in [0.29, 0.717) is 19.0 Å². The molecular formula is C8H12N4O. The molecule has 1 saturated carbocycles. The summed E-state index contributed by atoms with van der Waals surface area (Å²) in [4.78, 5) is 16.1. The van der Waals surface area contributed by atoms with Gasteiger partial charge in [-0.15, -0.1) is 0 Å². The Morgan fingerprint density at radius 3 is 3.00 bits per heavy atom. The molecule has 0 aromatic heterocycles. The van der Waals surface area contributed by atoms with E-state index in [9.17, 15) is 4.79 Å². The smallest absolute Gasteiger partial charge is 0.223 e. The van der Waals surface area contributed by atoms with Gasteiger partial charge < -0.3 is 4.90 Å². The van der Waals surface area contributed by atoms with E-state index in [1.165, 1.54) is 0 Å². The number of amides is 1. The Balaban J connectivity index is 1.89. The fourth-order valence-corrected chi connectivity index (χ4v) is 1.82. The molecule has 1 saturated heterocycles. The normalized spacial score (nSPS) is 27.5. The number of likely N-dealkylation sites (tertiary alicyclic amines) is 1. The lowest BCUT2D eigenvalue weighted by Gasteiger charge is -2.14. The predicted octanol–water partition coefficient (Wildman–Crippen LogP) is 1.31. The minimum Gasteiger partial charge on any atom is -0.339 e. The predicted molar refractivity (Wildman–Crippen MR) is 46.9 cm³/mol. The summed E-state index contributed by atoms with van der Waals surface area (Å²) in [7, 11) is 0. The second-order valence-electron chi connectivity index (χ2n) is 3.76. The molecule has 1 aliphatic heterocycles. The van der Waals surface area contributed by atoms with Crippen molar-refractivity contribution in [3.8, 4) is 0 Å². The van der Waals surface area contributed by atoms with Crippen LogP contribution in [0.1, 0.15) is 19.3 Å². The Kier molecular flexibility index (Phi) is 2.10. The first-order valence-corrected chi connectivity index (χ1v) is 4.61. The number of hydrogen-bond acceptors (Lipinski definition) is 2. The number of rotatable bonds is 3. The molecule has 0 radical (unpaired) electrons. The van der Waals surface area contributed by atoms with Crippen LogP contribution in [-0.4, -0.2) is 29.9 Å². The summed E-state index contributed by atoms with van der Waals surface area (Å²) in [5, 5.41) is 3.50.